The SMILES string of the molecule is CC(C)CN(CC(C)C)C(=O)CN(C)C1CC2CCC(C1)N2.Cl. The van der Waals surface area contributed by atoms with E-state index in [0.717, 1.165) is 13.1 Å². The van der Waals surface area contributed by atoms with Crippen LogP contribution in [-0.4, -0.2) is 60.5 Å². The van der Waals surface area contributed by atoms with Gasteiger partial charge in [-0.1, -0.05) is 27.7 Å². The number of hydrogen-bond acceptors (Lipinski definition) is 3. The van der Waals surface area contributed by atoms with Crippen molar-refractivity contribution in [1.29, 1.82) is 0 Å². The average Bonchev–Trinajstić information content (AvgIpc) is 2.75. The van der Waals surface area contributed by atoms with Crippen LogP contribution in [-0.2, 0) is 4.79 Å². The van der Waals surface area contributed by atoms with Gasteiger partial charge in [0.1, 0.15) is 0 Å². The largest absolute Gasteiger partial charge is 0.341 e. The van der Waals surface area contributed by atoms with E-state index in [2.05, 4.69) is 49.9 Å². The van der Waals surface area contributed by atoms with Gasteiger partial charge in [0.05, 0.1) is 6.54 Å². The van der Waals surface area contributed by atoms with Crippen molar-refractivity contribution in [3.8, 4) is 0 Å². The summed E-state index contributed by atoms with van der Waals surface area (Å²) in [5.41, 5.74) is 0. The number of likely N-dealkylation sites (N-methyl/N-ethyl adjacent to an activating group) is 1. The van der Waals surface area contributed by atoms with Gasteiger partial charge in [0.25, 0.3) is 0 Å². The van der Waals surface area contributed by atoms with Crippen LogP contribution in [0.3, 0.4) is 0 Å². The molecule has 2 rings (SSSR count). The highest BCUT2D eigenvalue weighted by Gasteiger charge is 2.35. The summed E-state index contributed by atoms with van der Waals surface area (Å²) in [5, 5.41) is 3.68. The van der Waals surface area contributed by atoms with E-state index in [0.29, 0.717) is 42.4 Å². The molecule has 2 fully saturated rings. The molecule has 1 amide bonds. The molecule has 2 unspecified atom stereocenters. The van der Waals surface area contributed by atoms with Crippen LogP contribution in [0.5, 0.6) is 0 Å². The standard InChI is InChI=1S/C18H35N3O.ClH/c1-13(2)10-21(11-14(3)4)18(22)12-20(5)17-8-15-6-7-16(9-17)19-15;/h13-17,19H,6-12H2,1-5H3;1H. The van der Waals surface area contributed by atoms with Crippen molar-refractivity contribution in [3.63, 3.8) is 0 Å². The zero-order valence-corrected chi connectivity index (χ0v) is 16.4. The Morgan fingerprint density at radius 2 is 1.52 bits per heavy atom. The smallest absolute Gasteiger partial charge is 0.236 e. The lowest BCUT2D eigenvalue weighted by Gasteiger charge is -2.36. The third-order valence-corrected chi connectivity index (χ3v) is 4.98. The molecule has 2 aliphatic heterocycles. The minimum absolute atomic E-state index is 0. The van der Waals surface area contributed by atoms with Crippen molar-refractivity contribution in [2.24, 2.45) is 11.8 Å². The average molecular weight is 346 g/mol. The van der Waals surface area contributed by atoms with E-state index in [1.807, 2.05) is 0 Å². The maximum absolute atomic E-state index is 12.7. The third-order valence-electron chi connectivity index (χ3n) is 4.98. The van der Waals surface area contributed by atoms with Crippen LogP contribution in [0.2, 0.25) is 0 Å². The number of rotatable bonds is 7. The van der Waals surface area contributed by atoms with Crippen LogP contribution in [0.4, 0.5) is 0 Å². The minimum Gasteiger partial charge on any atom is -0.341 e. The summed E-state index contributed by atoms with van der Waals surface area (Å²) in [5.74, 6) is 1.36. The van der Waals surface area contributed by atoms with Gasteiger partial charge in [-0.2, -0.15) is 0 Å². The topological polar surface area (TPSA) is 35.6 Å². The van der Waals surface area contributed by atoms with Crippen molar-refractivity contribution in [2.75, 3.05) is 26.7 Å². The predicted molar refractivity (Wildman–Crippen MR) is 99.1 cm³/mol. The summed E-state index contributed by atoms with van der Waals surface area (Å²) in [6.07, 6.45) is 5.04. The first-order valence-electron chi connectivity index (χ1n) is 9.09. The molecule has 0 radical (unpaired) electrons. The first-order valence-corrected chi connectivity index (χ1v) is 9.09. The van der Waals surface area contributed by atoms with Crippen molar-refractivity contribution >= 4 is 18.3 Å². The maximum Gasteiger partial charge on any atom is 0.236 e. The molecule has 5 heteroatoms. The summed E-state index contributed by atoms with van der Waals surface area (Å²) in [6, 6.07) is 1.94. The lowest BCUT2D eigenvalue weighted by molar-refractivity contribution is -0.133. The molecule has 2 aliphatic rings. The first kappa shape index (κ1) is 20.7. The highest BCUT2D eigenvalue weighted by molar-refractivity contribution is 5.85. The molecular formula is C18H36ClN3O. The fourth-order valence-corrected chi connectivity index (χ4v) is 3.99. The second-order valence-electron chi connectivity index (χ2n) is 8.26. The van der Waals surface area contributed by atoms with E-state index in [1.54, 1.807) is 0 Å². The van der Waals surface area contributed by atoms with Crippen LogP contribution in [0, 0.1) is 11.8 Å². The molecular weight excluding hydrogens is 310 g/mol. The van der Waals surface area contributed by atoms with Crippen LogP contribution >= 0.6 is 12.4 Å². The number of carbonyl (C=O) groups excluding carboxylic acids is 1. The summed E-state index contributed by atoms with van der Waals surface area (Å²) in [4.78, 5) is 17.1. The van der Waals surface area contributed by atoms with E-state index >= 15 is 0 Å². The molecule has 2 saturated heterocycles. The molecule has 0 aromatic rings. The summed E-state index contributed by atoms with van der Waals surface area (Å²) < 4.78 is 0. The van der Waals surface area contributed by atoms with Gasteiger partial charge in [0, 0.05) is 31.2 Å². The highest BCUT2D eigenvalue weighted by atomic mass is 35.5. The Morgan fingerprint density at radius 1 is 1.04 bits per heavy atom. The Kier molecular flexibility index (Phi) is 8.32. The van der Waals surface area contributed by atoms with Crippen molar-refractivity contribution < 1.29 is 4.79 Å². The van der Waals surface area contributed by atoms with Crippen LogP contribution in [0.1, 0.15) is 53.4 Å². The normalized spacial score (nSPS) is 26.7. The molecule has 136 valence electrons. The lowest BCUT2D eigenvalue weighted by Crippen LogP contribution is -2.50. The van der Waals surface area contributed by atoms with E-state index in [9.17, 15) is 4.79 Å². The van der Waals surface area contributed by atoms with Crippen LogP contribution < -0.4 is 5.32 Å². The zero-order chi connectivity index (χ0) is 16.3. The Morgan fingerprint density at radius 3 is 1.96 bits per heavy atom. The summed E-state index contributed by atoms with van der Waals surface area (Å²) in [6.45, 7) is 11.1. The molecule has 0 saturated carbocycles. The number of nitrogens with zero attached hydrogens (tertiary/aromatic N) is 2. The number of piperidine rings is 1. The minimum atomic E-state index is 0. The zero-order valence-electron chi connectivity index (χ0n) is 15.5. The van der Waals surface area contributed by atoms with Crippen LogP contribution in [0.25, 0.3) is 0 Å². The Hall–Kier alpha value is -0.320. The third kappa shape index (κ3) is 6.24. The van der Waals surface area contributed by atoms with Gasteiger partial charge < -0.3 is 10.2 Å². The molecule has 0 aliphatic carbocycles. The summed E-state index contributed by atoms with van der Waals surface area (Å²) >= 11 is 0. The van der Waals surface area contributed by atoms with E-state index in [1.165, 1.54) is 25.7 Å². The number of nitrogens with one attached hydrogen (secondary N) is 1. The Bertz CT molecular complexity index is 353. The van der Waals surface area contributed by atoms with Crippen molar-refractivity contribution in [2.45, 2.75) is 71.5 Å². The molecule has 0 spiro atoms. The molecule has 2 atom stereocenters. The molecule has 23 heavy (non-hydrogen) atoms. The molecule has 2 heterocycles. The predicted octanol–water partition coefficient (Wildman–Crippen LogP) is 2.76. The summed E-state index contributed by atoms with van der Waals surface area (Å²) in [7, 11) is 2.14. The van der Waals surface area contributed by atoms with Crippen molar-refractivity contribution in [1.82, 2.24) is 15.1 Å². The van der Waals surface area contributed by atoms with E-state index < -0.39 is 0 Å². The Labute approximate surface area is 148 Å². The van der Waals surface area contributed by atoms with E-state index in [4.69, 9.17) is 0 Å². The van der Waals surface area contributed by atoms with Gasteiger partial charge in [0.2, 0.25) is 5.91 Å². The fourth-order valence-electron chi connectivity index (χ4n) is 3.99. The van der Waals surface area contributed by atoms with Crippen LogP contribution in [0.15, 0.2) is 0 Å². The van der Waals surface area contributed by atoms with Gasteiger partial charge in [-0.25, -0.2) is 0 Å². The number of halogens is 1. The molecule has 2 bridgehead atoms. The number of hydrogen-bond donors (Lipinski definition) is 1. The fraction of sp³-hybridized carbons (Fsp3) is 0.944. The van der Waals surface area contributed by atoms with Gasteiger partial charge >= 0.3 is 0 Å². The molecule has 0 aromatic heterocycles. The molecule has 4 nitrogen and oxygen atoms in total. The van der Waals surface area contributed by atoms with E-state index in [-0.39, 0.29) is 12.4 Å². The second-order valence-corrected chi connectivity index (χ2v) is 8.26. The molecule has 1 N–H and O–H groups in total. The maximum atomic E-state index is 12.7. The monoisotopic (exact) mass is 345 g/mol. The molecule has 0 aromatic carbocycles. The van der Waals surface area contributed by atoms with Gasteiger partial charge in [0.15, 0.2) is 0 Å². The van der Waals surface area contributed by atoms with Gasteiger partial charge in [-0.15, -0.1) is 12.4 Å². The van der Waals surface area contributed by atoms with Gasteiger partial charge in [-0.05, 0) is 44.6 Å². The number of carbonyl (C=O) groups is 1. The first-order chi connectivity index (χ1) is 10.3. The second kappa shape index (κ2) is 9.24. The quantitative estimate of drug-likeness (QED) is 0.770. The van der Waals surface area contributed by atoms with Crippen molar-refractivity contribution in [3.05, 3.63) is 0 Å². The Balaban J connectivity index is 0.00000264. The lowest BCUT2D eigenvalue weighted by atomic mass is 9.98. The number of fused-ring (bicyclic) bond motifs is 2. The highest BCUT2D eigenvalue weighted by Crippen LogP contribution is 2.29. The number of amides is 1. The van der Waals surface area contributed by atoms with Gasteiger partial charge in [-0.3, -0.25) is 9.69 Å².